The van der Waals surface area contributed by atoms with E-state index in [1.54, 1.807) is 25.3 Å². The highest BCUT2D eigenvalue weighted by atomic mass is 79.9. The Morgan fingerprint density at radius 2 is 1.97 bits per heavy atom. The minimum atomic E-state index is -0.482. The van der Waals surface area contributed by atoms with Gasteiger partial charge < -0.3 is 15.2 Å². The fourth-order valence-electron chi connectivity index (χ4n) is 3.98. The number of halogens is 2. The number of nitrogens with zero attached hydrogens (tertiary/aromatic N) is 3. The molecular formula is C26H20BrFN4O3. The van der Waals surface area contributed by atoms with Crippen LogP contribution in [0.25, 0.3) is 11.8 Å². The average molecular weight is 535 g/mol. The van der Waals surface area contributed by atoms with Gasteiger partial charge in [-0.2, -0.15) is 5.10 Å². The lowest BCUT2D eigenvalue weighted by Gasteiger charge is -2.11. The largest absolute Gasteiger partial charge is 0.496 e. The molecule has 7 nitrogen and oxygen atoms in total. The number of fused-ring (bicyclic) bond motifs is 1. The number of hydrogen-bond acceptors (Lipinski definition) is 6. The maximum atomic E-state index is 13.9. The number of carbonyl (C=O) groups is 1. The van der Waals surface area contributed by atoms with Crippen LogP contribution in [-0.2, 0) is 6.42 Å². The fraction of sp³-hybridized carbons (Fsp3) is 0.115. The molecule has 9 heteroatoms. The van der Waals surface area contributed by atoms with Gasteiger partial charge in [-0.25, -0.2) is 14.1 Å². The summed E-state index contributed by atoms with van der Waals surface area (Å²) in [6.45, 7) is 1.83. The zero-order valence-corrected chi connectivity index (χ0v) is 20.5. The van der Waals surface area contributed by atoms with Crippen molar-refractivity contribution in [3.05, 3.63) is 93.0 Å². The third kappa shape index (κ3) is 4.19. The molecule has 0 atom stereocenters. The van der Waals surface area contributed by atoms with E-state index in [0.29, 0.717) is 29.0 Å². The molecule has 1 aliphatic rings. The number of hydrogen-bond donors (Lipinski definition) is 1. The van der Waals surface area contributed by atoms with Crippen molar-refractivity contribution in [2.24, 2.45) is 0 Å². The first-order valence-electron chi connectivity index (χ1n) is 10.7. The van der Waals surface area contributed by atoms with E-state index >= 15 is 0 Å². The minimum Gasteiger partial charge on any atom is -0.496 e. The van der Waals surface area contributed by atoms with Crippen LogP contribution in [0.4, 0.5) is 10.2 Å². The smallest absolute Gasteiger partial charge is 0.219 e. The standard InChI is InChI=1S/C26H20BrFN4O3/c1-14-7-24(35-22-6-4-3-5-20(22)28)30-13-21(14)32-26(29)18(12-31-32)25(33)17-8-15-10-19(27)23(34-2)11-16(15)9-17/h3-7,9-13H,8,29H2,1-2H3. The molecule has 2 heterocycles. The van der Waals surface area contributed by atoms with Crippen LogP contribution >= 0.6 is 15.9 Å². The molecule has 2 N–H and O–H groups in total. The molecule has 0 aliphatic heterocycles. The molecule has 0 fully saturated rings. The molecule has 2 aromatic carbocycles. The number of carbonyl (C=O) groups excluding carboxylic acids is 1. The minimum absolute atomic E-state index is 0.0779. The molecule has 0 spiro atoms. The quantitative estimate of drug-likeness (QED) is 0.320. The Hall–Kier alpha value is -3.98. The lowest BCUT2D eigenvalue weighted by atomic mass is 10.0. The maximum Gasteiger partial charge on any atom is 0.219 e. The van der Waals surface area contributed by atoms with Gasteiger partial charge in [-0.15, -0.1) is 0 Å². The Bertz CT molecular complexity index is 1510. The maximum absolute atomic E-state index is 13.9. The Balaban J connectivity index is 1.40. The number of aromatic nitrogens is 3. The summed E-state index contributed by atoms with van der Waals surface area (Å²) in [4.78, 5) is 17.5. The van der Waals surface area contributed by atoms with Gasteiger partial charge in [-0.05, 0) is 69.9 Å². The highest BCUT2D eigenvalue weighted by molar-refractivity contribution is 9.10. The van der Waals surface area contributed by atoms with Crippen molar-refractivity contribution in [1.29, 1.82) is 0 Å². The van der Waals surface area contributed by atoms with Gasteiger partial charge in [0.15, 0.2) is 17.3 Å². The number of aryl methyl sites for hydroxylation is 1. The van der Waals surface area contributed by atoms with Gasteiger partial charge in [0.25, 0.3) is 0 Å². The van der Waals surface area contributed by atoms with Crippen LogP contribution < -0.4 is 15.2 Å². The summed E-state index contributed by atoms with van der Waals surface area (Å²) in [5.41, 5.74) is 10.6. The number of ether oxygens (including phenoxy) is 2. The van der Waals surface area contributed by atoms with E-state index < -0.39 is 5.82 Å². The molecule has 176 valence electrons. The topological polar surface area (TPSA) is 92.3 Å². The summed E-state index contributed by atoms with van der Waals surface area (Å²) in [5.74, 6) is 0.544. The fourth-order valence-corrected chi connectivity index (χ4v) is 4.54. The lowest BCUT2D eigenvalue weighted by molar-refractivity contribution is 0.103. The van der Waals surface area contributed by atoms with Crippen LogP contribution in [0.3, 0.4) is 0 Å². The van der Waals surface area contributed by atoms with Crippen molar-refractivity contribution in [1.82, 2.24) is 14.8 Å². The van der Waals surface area contributed by atoms with Crippen molar-refractivity contribution in [3.63, 3.8) is 0 Å². The predicted octanol–water partition coefficient (Wildman–Crippen LogP) is 5.68. The molecule has 5 rings (SSSR count). The lowest BCUT2D eigenvalue weighted by Crippen LogP contribution is -2.09. The zero-order chi connectivity index (χ0) is 24.7. The van der Waals surface area contributed by atoms with Crippen LogP contribution in [0, 0.1) is 12.7 Å². The number of anilines is 1. The van der Waals surface area contributed by atoms with Gasteiger partial charge in [0, 0.05) is 18.1 Å². The summed E-state index contributed by atoms with van der Waals surface area (Å²) in [6.07, 6.45) is 5.33. The van der Waals surface area contributed by atoms with E-state index in [2.05, 4.69) is 26.0 Å². The summed E-state index contributed by atoms with van der Waals surface area (Å²) in [7, 11) is 1.60. The van der Waals surface area contributed by atoms with Gasteiger partial charge in [0.2, 0.25) is 5.88 Å². The van der Waals surface area contributed by atoms with E-state index in [9.17, 15) is 9.18 Å². The van der Waals surface area contributed by atoms with Crippen LogP contribution in [0.15, 0.2) is 64.9 Å². The van der Waals surface area contributed by atoms with Gasteiger partial charge in [0.1, 0.15) is 11.6 Å². The molecule has 0 saturated heterocycles. The number of pyridine rings is 1. The Morgan fingerprint density at radius 1 is 1.17 bits per heavy atom. The number of benzene rings is 2. The summed E-state index contributed by atoms with van der Waals surface area (Å²) in [5, 5.41) is 4.33. The van der Waals surface area contributed by atoms with E-state index in [-0.39, 0.29) is 23.2 Å². The monoisotopic (exact) mass is 534 g/mol. The van der Waals surface area contributed by atoms with E-state index in [1.165, 1.54) is 29.2 Å². The van der Waals surface area contributed by atoms with Gasteiger partial charge in [-0.3, -0.25) is 4.79 Å². The van der Waals surface area contributed by atoms with Crippen LogP contribution in [-0.4, -0.2) is 27.7 Å². The van der Waals surface area contributed by atoms with Crippen molar-refractivity contribution in [2.75, 3.05) is 12.8 Å². The number of para-hydroxylation sites is 1. The number of methoxy groups -OCH3 is 1. The zero-order valence-electron chi connectivity index (χ0n) is 18.9. The van der Waals surface area contributed by atoms with Gasteiger partial charge in [0.05, 0.1) is 35.2 Å². The Labute approximate surface area is 209 Å². The number of nitrogens with two attached hydrogens (primary N) is 1. The summed E-state index contributed by atoms with van der Waals surface area (Å²) in [6, 6.07) is 11.6. The third-order valence-electron chi connectivity index (χ3n) is 5.80. The first-order chi connectivity index (χ1) is 16.9. The average Bonchev–Trinajstić information content (AvgIpc) is 3.43. The van der Waals surface area contributed by atoms with Crippen molar-refractivity contribution >= 4 is 33.6 Å². The second-order valence-corrected chi connectivity index (χ2v) is 8.91. The third-order valence-corrected chi connectivity index (χ3v) is 6.42. The highest BCUT2D eigenvalue weighted by Crippen LogP contribution is 2.36. The van der Waals surface area contributed by atoms with Crippen LogP contribution in [0.2, 0.25) is 0 Å². The first kappa shape index (κ1) is 22.8. The molecule has 4 aromatic rings. The molecule has 0 bridgehead atoms. The van der Waals surface area contributed by atoms with Gasteiger partial charge in [-0.1, -0.05) is 12.1 Å². The normalized spacial score (nSPS) is 12.3. The second-order valence-electron chi connectivity index (χ2n) is 8.06. The number of allylic oxidation sites excluding steroid dienone is 1. The van der Waals surface area contributed by atoms with Crippen LogP contribution in [0.5, 0.6) is 17.4 Å². The van der Waals surface area contributed by atoms with E-state index in [0.717, 1.165) is 21.2 Å². The SMILES string of the molecule is COc1cc2c(cc1Br)CC(C(=O)c1cnn(-c3cnc(Oc4ccccc4F)cc3C)c1N)=C2. The molecule has 0 saturated carbocycles. The number of nitrogen functional groups attached to an aromatic ring is 1. The van der Waals surface area contributed by atoms with Crippen molar-refractivity contribution in [2.45, 2.75) is 13.3 Å². The number of rotatable bonds is 6. The van der Waals surface area contributed by atoms with Gasteiger partial charge >= 0.3 is 0 Å². The molecule has 35 heavy (non-hydrogen) atoms. The molecule has 1 aliphatic carbocycles. The number of ketones is 1. The molecule has 0 unspecified atom stereocenters. The summed E-state index contributed by atoms with van der Waals surface area (Å²) < 4.78 is 27.1. The highest BCUT2D eigenvalue weighted by Gasteiger charge is 2.25. The number of Topliss-reactive ketones (excluding diaryl/α,β-unsaturated/α-hetero) is 1. The molecule has 0 amide bonds. The predicted molar refractivity (Wildman–Crippen MR) is 134 cm³/mol. The van der Waals surface area contributed by atoms with Crippen molar-refractivity contribution < 1.29 is 18.7 Å². The molecule has 0 radical (unpaired) electrons. The van der Waals surface area contributed by atoms with Crippen LogP contribution in [0.1, 0.15) is 27.0 Å². The summed E-state index contributed by atoms with van der Waals surface area (Å²) >= 11 is 3.49. The Kier molecular flexibility index (Phi) is 5.86. The Morgan fingerprint density at radius 3 is 2.71 bits per heavy atom. The first-order valence-corrected chi connectivity index (χ1v) is 11.5. The van der Waals surface area contributed by atoms with E-state index in [4.69, 9.17) is 15.2 Å². The second kappa shape index (κ2) is 8.99. The molecular weight excluding hydrogens is 515 g/mol. The van der Waals surface area contributed by atoms with Crippen molar-refractivity contribution in [3.8, 4) is 23.1 Å². The molecule has 2 aromatic heterocycles. The van der Waals surface area contributed by atoms with E-state index in [1.807, 2.05) is 25.1 Å².